The standard InChI is InChI=1S/C19H16ClN3O3/c1-12-7-8-14(20)9-17(12)23-18(24)13(10-21)11-22-16-6-4-3-5-15(16)19(25)26-2/h3-9,11,22H,1-2H3,(H,23,24)/b13-11-. The Bertz CT molecular complexity index is 916. The Labute approximate surface area is 156 Å². The van der Waals surface area contributed by atoms with Gasteiger partial charge in [0.1, 0.15) is 11.6 Å². The maximum Gasteiger partial charge on any atom is 0.339 e. The van der Waals surface area contributed by atoms with Crippen LogP contribution in [-0.4, -0.2) is 19.0 Å². The number of aryl methyl sites for hydroxylation is 1. The van der Waals surface area contributed by atoms with E-state index in [9.17, 15) is 14.9 Å². The number of methoxy groups -OCH3 is 1. The molecule has 0 aromatic heterocycles. The van der Waals surface area contributed by atoms with Crippen LogP contribution >= 0.6 is 11.6 Å². The Morgan fingerprint density at radius 3 is 2.62 bits per heavy atom. The summed E-state index contributed by atoms with van der Waals surface area (Å²) in [5.74, 6) is -1.13. The average molecular weight is 370 g/mol. The number of hydrogen-bond acceptors (Lipinski definition) is 5. The van der Waals surface area contributed by atoms with Crippen LogP contribution in [0.5, 0.6) is 0 Å². The summed E-state index contributed by atoms with van der Waals surface area (Å²) >= 11 is 5.93. The van der Waals surface area contributed by atoms with Gasteiger partial charge in [0.05, 0.1) is 18.4 Å². The van der Waals surface area contributed by atoms with E-state index in [1.807, 2.05) is 13.0 Å². The predicted octanol–water partition coefficient (Wildman–Crippen LogP) is 3.89. The Morgan fingerprint density at radius 1 is 1.19 bits per heavy atom. The van der Waals surface area contributed by atoms with Crippen LogP contribution in [0.2, 0.25) is 5.02 Å². The second kappa shape index (κ2) is 8.70. The van der Waals surface area contributed by atoms with E-state index in [2.05, 4.69) is 10.6 Å². The minimum atomic E-state index is -0.596. The lowest BCUT2D eigenvalue weighted by Crippen LogP contribution is -2.15. The number of nitrogens with zero attached hydrogens (tertiary/aromatic N) is 1. The second-order valence-corrected chi connectivity index (χ2v) is 5.70. The second-order valence-electron chi connectivity index (χ2n) is 5.26. The fourth-order valence-corrected chi connectivity index (χ4v) is 2.29. The van der Waals surface area contributed by atoms with Crippen LogP contribution in [0, 0.1) is 18.3 Å². The van der Waals surface area contributed by atoms with E-state index in [0.717, 1.165) is 5.56 Å². The SMILES string of the molecule is COC(=O)c1ccccc1N/C=C(/C#N)C(=O)Nc1cc(Cl)ccc1C. The quantitative estimate of drug-likeness (QED) is 0.474. The number of amides is 1. The monoisotopic (exact) mass is 369 g/mol. The smallest absolute Gasteiger partial charge is 0.339 e. The summed E-state index contributed by atoms with van der Waals surface area (Å²) in [6.45, 7) is 1.81. The molecule has 2 aromatic carbocycles. The van der Waals surface area contributed by atoms with Gasteiger partial charge in [0.2, 0.25) is 0 Å². The number of rotatable bonds is 5. The normalized spacial score (nSPS) is 10.6. The molecule has 0 heterocycles. The highest BCUT2D eigenvalue weighted by atomic mass is 35.5. The Balaban J connectivity index is 2.21. The number of anilines is 2. The molecule has 0 aliphatic carbocycles. The van der Waals surface area contributed by atoms with Gasteiger partial charge in [0, 0.05) is 16.9 Å². The Hall–Kier alpha value is -3.30. The zero-order chi connectivity index (χ0) is 19.1. The number of hydrogen-bond donors (Lipinski definition) is 2. The van der Waals surface area contributed by atoms with Gasteiger partial charge in [-0.15, -0.1) is 0 Å². The van der Waals surface area contributed by atoms with E-state index in [4.69, 9.17) is 16.3 Å². The lowest BCUT2D eigenvalue weighted by Gasteiger charge is -2.10. The summed E-state index contributed by atoms with van der Waals surface area (Å²) in [7, 11) is 1.27. The molecule has 2 N–H and O–H groups in total. The van der Waals surface area contributed by atoms with Crippen molar-refractivity contribution in [2.24, 2.45) is 0 Å². The fraction of sp³-hybridized carbons (Fsp3) is 0.105. The number of carbonyl (C=O) groups is 2. The van der Waals surface area contributed by atoms with Gasteiger partial charge >= 0.3 is 5.97 Å². The first-order valence-corrected chi connectivity index (χ1v) is 7.95. The third-order valence-electron chi connectivity index (χ3n) is 3.52. The highest BCUT2D eigenvalue weighted by molar-refractivity contribution is 6.31. The van der Waals surface area contributed by atoms with Crippen LogP contribution in [0.3, 0.4) is 0 Å². The highest BCUT2D eigenvalue weighted by Gasteiger charge is 2.13. The molecule has 2 aromatic rings. The van der Waals surface area contributed by atoms with Crippen molar-refractivity contribution in [3.8, 4) is 6.07 Å². The number of esters is 1. The van der Waals surface area contributed by atoms with Gasteiger partial charge in [-0.2, -0.15) is 5.26 Å². The minimum Gasteiger partial charge on any atom is -0.465 e. The predicted molar refractivity (Wildman–Crippen MR) is 99.9 cm³/mol. The van der Waals surface area contributed by atoms with Crippen LogP contribution in [-0.2, 0) is 9.53 Å². The Kier molecular flexibility index (Phi) is 6.36. The van der Waals surface area contributed by atoms with Crippen molar-refractivity contribution >= 4 is 34.9 Å². The van der Waals surface area contributed by atoms with Crippen molar-refractivity contribution in [2.75, 3.05) is 17.7 Å². The van der Waals surface area contributed by atoms with Crippen molar-refractivity contribution in [3.63, 3.8) is 0 Å². The molecule has 0 radical (unpaired) electrons. The molecule has 1 amide bonds. The molecule has 0 aliphatic rings. The van der Waals surface area contributed by atoms with Gasteiger partial charge in [0.25, 0.3) is 5.91 Å². The molecule has 0 unspecified atom stereocenters. The van der Waals surface area contributed by atoms with Crippen molar-refractivity contribution in [1.29, 1.82) is 5.26 Å². The van der Waals surface area contributed by atoms with Crippen LogP contribution in [0.25, 0.3) is 0 Å². The molecule has 0 saturated heterocycles. The van der Waals surface area contributed by atoms with E-state index < -0.39 is 11.9 Å². The summed E-state index contributed by atoms with van der Waals surface area (Å²) in [6.07, 6.45) is 1.23. The average Bonchev–Trinajstić information content (AvgIpc) is 2.65. The van der Waals surface area contributed by atoms with Crippen molar-refractivity contribution in [1.82, 2.24) is 0 Å². The van der Waals surface area contributed by atoms with Gasteiger partial charge < -0.3 is 15.4 Å². The van der Waals surface area contributed by atoms with Gasteiger partial charge in [-0.25, -0.2) is 4.79 Å². The lowest BCUT2D eigenvalue weighted by molar-refractivity contribution is -0.112. The molecule has 0 spiro atoms. The fourth-order valence-electron chi connectivity index (χ4n) is 2.11. The van der Waals surface area contributed by atoms with Crippen molar-refractivity contribution in [2.45, 2.75) is 6.92 Å². The third kappa shape index (κ3) is 4.62. The first kappa shape index (κ1) is 19.0. The molecule has 0 saturated carbocycles. The summed E-state index contributed by atoms with van der Waals surface area (Å²) in [5, 5.41) is 15.2. The highest BCUT2D eigenvalue weighted by Crippen LogP contribution is 2.21. The molecular formula is C19H16ClN3O3. The topological polar surface area (TPSA) is 91.2 Å². The zero-order valence-electron chi connectivity index (χ0n) is 14.2. The zero-order valence-corrected chi connectivity index (χ0v) is 14.9. The summed E-state index contributed by atoms with van der Waals surface area (Å²) < 4.78 is 4.70. The van der Waals surface area contributed by atoms with Crippen LogP contribution in [0.4, 0.5) is 11.4 Å². The first-order chi connectivity index (χ1) is 12.5. The maximum atomic E-state index is 12.3. The molecule has 7 heteroatoms. The van der Waals surface area contributed by atoms with Crippen LogP contribution in [0.15, 0.2) is 54.2 Å². The largest absolute Gasteiger partial charge is 0.465 e. The number of nitrogens with one attached hydrogen (secondary N) is 2. The number of para-hydroxylation sites is 1. The minimum absolute atomic E-state index is 0.163. The number of carbonyl (C=O) groups excluding carboxylic acids is 2. The number of nitriles is 1. The van der Waals surface area contributed by atoms with Crippen LogP contribution < -0.4 is 10.6 Å². The first-order valence-electron chi connectivity index (χ1n) is 7.58. The van der Waals surface area contributed by atoms with Crippen molar-refractivity contribution < 1.29 is 14.3 Å². The van der Waals surface area contributed by atoms with Gasteiger partial charge in [-0.1, -0.05) is 29.8 Å². The summed E-state index contributed by atoms with van der Waals surface area (Å²) in [5.41, 5.74) is 1.86. The Morgan fingerprint density at radius 2 is 1.92 bits per heavy atom. The van der Waals surface area contributed by atoms with E-state index in [-0.39, 0.29) is 11.1 Å². The third-order valence-corrected chi connectivity index (χ3v) is 3.75. The summed E-state index contributed by atoms with van der Waals surface area (Å²) in [4.78, 5) is 24.1. The van der Waals surface area contributed by atoms with Gasteiger partial charge in [-0.05, 0) is 36.8 Å². The van der Waals surface area contributed by atoms with E-state index in [1.54, 1.807) is 42.5 Å². The van der Waals surface area contributed by atoms with E-state index in [0.29, 0.717) is 16.4 Å². The number of halogens is 1. The molecule has 0 fully saturated rings. The number of ether oxygens (including phenoxy) is 1. The van der Waals surface area contributed by atoms with Gasteiger partial charge in [-0.3, -0.25) is 4.79 Å². The lowest BCUT2D eigenvalue weighted by atomic mass is 10.1. The van der Waals surface area contributed by atoms with E-state index in [1.165, 1.54) is 13.3 Å². The maximum absolute atomic E-state index is 12.3. The van der Waals surface area contributed by atoms with E-state index >= 15 is 0 Å². The van der Waals surface area contributed by atoms with Crippen LogP contribution in [0.1, 0.15) is 15.9 Å². The molecule has 132 valence electrons. The molecule has 6 nitrogen and oxygen atoms in total. The molecular weight excluding hydrogens is 354 g/mol. The summed E-state index contributed by atoms with van der Waals surface area (Å²) in [6, 6.07) is 13.5. The molecule has 2 rings (SSSR count). The molecule has 0 bridgehead atoms. The molecule has 0 atom stereocenters. The number of benzene rings is 2. The van der Waals surface area contributed by atoms with Crippen molar-refractivity contribution in [3.05, 3.63) is 70.4 Å². The molecule has 26 heavy (non-hydrogen) atoms. The molecule has 0 aliphatic heterocycles. The van der Waals surface area contributed by atoms with Gasteiger partial charge in [0.15, 0.2) is 0 Å².